The zero-order valence-electron chi connectivity index (χ0n) is 16.0. The van der Waals surface area contributed by atoms with E-state index in [4.69, 9.17) is 10.5 Å². The molecule has 0 aromatic heterocycles. The SMILES string of the molecule is CN1CCc2ccc(NC(=O)[C@H](N)CCOCc3ccccc3)cc2CC1. The van der Waals surface area contributed by atoms with Gasteiger partial charge < -0.3 is 20.7 Å². The van der Waals surface area contributed by atoms with Crippen molar-refractivity contribution < 1.29 is 9.53 Å². The first-order chi connectivity index (χ1) is 13.1. The Kier molecular flexibility index (Phi) is 6.98. The number of likely N-dealkylation sites (N-methyl/N-ethyl adjacent to an activating group) is 1. The van der Waals surface area contributed by atoms with E-state index in [0.717, 1.165) is 37.2 Å². The van der Waals surface area contributed by atoms with Crippen LogP contribution < -0.4 is 11.1 Å². The minimum absolute atomic E-state index is 0.163. The average Bonchev–Trinajstić information content (AvgIpc) is 2.87. The number of carbonyl (C=O) groups excluding carboxylic acids is 1. The molecule has 0 unspecified atom stereocenters. The fourth-order valence-electron chi connectivity index (χ4n) is 3.26. The highest BCUT2D eigenvalue weighted by Gasteiger charge is 2.16. The number of nitrogens with zero attached hydrogens (tertiary/aromatic N) is 1. The van der Waals surface area contributed by atoms with Gasteiger partial charge in [-0.2, -0.15) is 0 Å². The lowest BCUT2D eigenvalue weighted by atomic mass is 10.0. The van der Waals surface area contributed by atoms with Crippen molar-refractivity contribution in [2.24, 2.45) is 5.73 Å². The normalized spacial score (nSPS) is 15.6. The van der Waals surface area contributed by atoms with E-state index in [1.165, 1.54) is 11.1 Å². The number of ether oxygens (including phenoxy) is 1. The second-order valence-electron chi connectivity index (χ2n) is 7.21. The molecule has 5 nitrogen and oxygen atoms in total. The third-order valence-corrected chi connectivity index (χ3v) is 5.02. The van der Waals surface area contributed by atoms with Gasteiger partial charge in [-0.3, -0.25) is 4.79 Å². The Balaban J connectivity index is 1.45. The zero-order chi connectivity index (χ0) is 19.1. The molecule has 5 heteroatoms. The molecule has 1 atom stereocenters. The second-order valence-corrected chi connectivity index (χ2v) is 7.21. The van der Waals surface area contributed by atoms with Crippen molar-refractivity contribution in [3.05, 3.63) is 65.2 Å². The summed E-state index contributed by atoms with van der Waals surface area (Å²) in [6.07, 6.45) is 2.56. The molecular formula is C22H29N3O2. The monoisotopic (exact) mass is 367 g/mol. The van der Waals surface area contributed by atoms with Gasteiger partial charge in [0, 0.05) is 25.4 Å². The summed E-state index contributed by atoms with van der Waals surface area (Å²) >= 11 is 0. The standard InChI is InChI=1S/C22H29N3O2/c1-25-12-9-18-7-8-20(15-19(18)10-13-25)24-22(26)21(23)11-14-27-16-17-5-3-2-4-6-17/h2-8,15,21H,9-14,16,23H2,1H3,(H,24,26)/t21-/m1/s1. The van der Waals surface area contributed by atoms with Crippen molar-refractivity contribution in [2.75, 3.05) is 32.1 Å². The Hall–Kier alpha value is -2.21. The van der Waals surface area contributed by atoms with E-state index in [1.807, 2.05) is 36.4 Å². The van der Waals surface area contributed by atoms with Crippen LogP contribution in [0.4, 0.5) is 5.69 Å². The van der Waals surface area contributed by atoms with E-state index < -0.39 is 6.04 Å². The number of carbonyl (C=O) groups is 1. The number of nitrogens with one attached hydrogen (secondary N) is 1. The fourth-order valence-corrected chi connectivity index (χ4v) is 3.26. The lowest BCUT2D eigenvalue weighted by Gasteiger charge is -2.14. The molecule has 27 heavy (non-hydrogen) atoms. The van der Waals surface area contributed by atoms with E-state index in [2.05, 4.69) is 29.4 Å². The molecule has 0 aliphatic carbocycles. The predicted octanol–water partition coefficient (Wildman–Crippen LogP) is 2.59. The van der Waals surface area contributed by atoms with Crippen molar-refractivity contribution in [3.8, 4) is 0 Å². The van der Waals surface area contributed by atoms with Crippen LogP contribution in [-0.4, -0.2) is 43.6 Å². The minimum atomic E-state index is -0.578. The van der Waals surface area contributed by atoms with Gasteiger partial charge in [0.1, 0.15) is 0 Å². The molecule has 1 amide bonds. The molecule has 0 spiro atoms. The van der Waals surface area contributed by atoms with E-state index in [-0.39, 0.29) is 5.91 Å². The summed E-state index contributed by atoms with van der Waals surface area (Å²) in [6, 6.07) is 15.6. The number of hydrogen-bond donors (Lipinski definition) is 2. The molecule has 0 saturated carbocycles. The summed E-state index contributed by atoms with van der Waals surface area (Å²) in [5.41, 5.74) is 10.7. The largest absolute Gasteiger partial charge is 0.377 e. The summed E-state index contributed by atoms with van der Waals surface area (Å²) in [7, 11) is 2.15. The smallest absolute Gasteiger partial charge is 0.241 e. The highest BCUT2D eigenvalue weighted by Crippen LogP contribution is 2.20. The van der Waals surface area contributed by atoms with Crippen LogP contribution in [0.3, 0.4) is 0 Å². The van der Waals surface area contributed by atoms with E-state index in [9.17, 15) is 4.79 Å². The van der Waals surface area contributed by atoms with Crippen LogP contribution in [0.15, 0.2) is 48.5 Å². The first kappa shape index (κ1) is 19.5. The Bertz CT molecular complexity index is 748. The molecule has 0 saturated heterocycles. The van der Waals surface area contributed by atoms with Crippen LogP contribution in [0.25, 0.3) is 0 Å². The topological polar surface area (TPSA) is 67.6 Å². The average molecular weight is 367 g/mol. The molecule has 2 aromatic carbocycles. The molecule has 1 aliphatic rings. The zero-order valence-corrected chi connectivity index (χ0v) is 16.0. The molecule has 1 heterocycles. The molecule has 2 aromatic rings. The Morgan fingerprint density at radius 2 is 1.89 bits per heavy atom. The van der Waals surface area contributed by atoms with E-state index in [0.29, 0.717) is 19.6 Å². The minimum Gasteiger partial charge on any atom is -0.377 e. The maximum absolute atomic E-state index is 12.4. The number of benzene rings is 2. The fraction of sp³-hybridized carbons (Fsp3) is 0.409. The van der Waals surface area contributed by atoms with Gasteiger partial charge in [-0.1, -0.05) is 36.4 Å². The highest BCUT2D eigenvalue weighted by atomic mass is 16.5. The molecule has 3 rings (SSSR count). The summed E-state index contributed by atoms with van der Waals surface area (Å²) < 4.78 is 5.62. The van der Waals surface area contributed by atoms with Crippen LogP contribution in [0, 0.1) is 0 Å². The van der Waals surface area contributed by atoms with Gasteiger partial charge in [0.05, 0.1) is 12.6 Å². The predicted molar refractivity (Wildman–Crippen MR) is 109 cm³/mol. The first-order valence-electron chi connectivity index (χ1n) is 9.60. The molecule has 3 N–H and O–H groups in total. The lowest BCUT2D eigenvalue weighted by Crippen LogP contribution is -2.36. The number of rotatable bonds is 7. The Labute approximate surface area is 161 Å². The van der Waals surface area contributed by atoms with E-state index >= 15 is 0 Å². The number of hydrogen-bond acceptors (Lipinski definition) is 4. The summed E-state index contributed by atoms with van der Waals surface area (Å²) in [4.78, 5) is 14.7. The molecular weight excluding hydrogens is 338 g/mol. The van der Waals surface area contributed by atoms with Crippen molar-refractivity contribution in [1.29, 1.82) is 0 Å². The lowest BCUT2D eigenvalue weighted by molar-refractivity contribution is -0.117. The first-order valence-corrected chi connectivity index (χ1v) is 9.60. The van der Waals surface area contributed by atoms with Crippen LogP contribution in [-0.2, 0) is 29.0 Å². The Morgan fingerprint density at radius 1 is 1.15 bits per heavy atom. The van der Waals surface area contributed by atoms with Crippen molar-refractivity contribution in [3.63, 3.8) is 0 Å². The quantitative estimate of drug-likeness (QED) is 0.738. The van der Waals surface area contributed by atoms with Gasteiger partial charge in [-0.25, -0.2) is 0 Å². The number of amides is 1. The van der Waals surface area contributed by atoms with Crippen molar-refractivity contribution in [2.45, 2.75) is 31.9 Å². The Morgan fingerprint density at radius 3 is 2.67 bits per heavy atom. The molecule has 1 aliphatic heterocycles. The number of nitrogens with two attached hydrogens (primary N) is 1. The van der Waals surface area contributed by atoms with Crippen molar-refractivity contribution >= 4 is 11.6 Å². The van der Waals surface area contributed by atoms with Gasteiger partial charge in [0.15, 0.2) is 0 Å². The van der Waals surface area contributed by atoms with Crippen LogP contribution in [0.2, 0.25) is 0 Å². The third kappa shape index (κ3) is 5.89. The summed E-state index contributed by atoms with van der Waals surface area (Å²) in [6.45, 7) is 3.11. The maximum Gasteiger partial charge on any atom is 0.241 e. The third-order valence-electron chi connectivity index (χ3n) is 5.02. The molecule has 0 bridgehead atoms. The van der Waals surface area contributed by atoms with Crippen LogP contribution in [0.5, 0.6) is 0 Å². The van der Waals surface area contributed by atoms with Gasteiger partial charge in [0.25, 0.3) is 0 Å². The highest BCUT2D eigenvalue weighted by molar-refractivity contribution is 5.94. The van der Waals surface area contributed by atoms with Crippen LogP contribution >= 0.6 is 0 Å². The van der Waals surface area contributed by atoms with Gasteiger partial charge in [0.2, 0.25) is 5.91 Å². The molecule has 144 valence electrons. The van der Waals surface area contributed by atoms with Crippen LogP contribution in [0.1, 0.15) is 23.1 Å². The van der Waals surface area contributed by atoms with Gasteiger partial charge >= 0.3 is 0 Å². The van der Waals surface area contributed by atoms with Crippen molar-refractivity contribution in [1.82, 2.24) is 4.90 Å². The maximum atomic E-state index is 12.4. The van der Waals surface area contributed by atoms with E-state index in [1.54, 1.807) is 0 Å². The van der Waals surface area contributed by atoms with Gasteiger partial charge in [-0.15, -0.1) is 0 Å². The second kappa shape index (κ2) is 9.65. The van der Waals surface area contributed by atoms with Gasteiger partial charge in [-0.05, 0) is 55.1 Å². The summed E-state index contributed by atoms with van der Waals surface area (Å²) in [5, 5.41) is 2.95. The number of anilines is 1. The molecule has 0 fully saturated rings. The summed E-state index contributed by atoms with van der Waals surface area (Å²) in [5.74, 6) is -0.163. The molecule has 0 radical (unpaired) electrons. The number of fused-ring (bicyclic) bond motifs is 1.